The van der Waals surface area contributed by atoms with E-state index in [1.807, 2.05) is 35.2 Å². The van der Waals surface area contributed by atoms with Crippen molar-refractivity contribution in [3.63, 3.8) is 0 Å². The van der Waals surface area contributed by atoms with Crippen molar-refractivity contribution in [3.05, 3.63) is 35.9 Å². The summed E-state index contributed by atoms with van der Waals surface area (Å²) in [4.78, 5) is 14.1. The number of hydrogen-bond acceptors (Lipinski definition) is 3. The first-order chi connectivity index (χ1) is 7.79. The third kappa shape index (κ3) is 2.59. The number of benzene rings is 1. The zero-order valence-electron chi connectivity index (χ0n) is 8.89. The number of ketones is 1. The van der Waals surface area contributed by atoms with Crippen LogP contribution in [0.3, 0.4) is 0 Å². The fraction of sp³-hybridized carbons (Fsp3) is 0.333. The monoisotopic (exact) mass is 283 g/mol. The van der Waals surface area contributed by atoms with Crippen LogP contribution < -0.4 is 0 Å². The van der Waals surface area contributed by atoms with E-state index in [4.69, 9.17) is 4.74 Å². The average Bonchev–Trinajstić information content (AvgIpc) is 2.39. The third-order valence-electron chi connectivity index (χ3n) is 2.53. The number of ether oxygens (including phenoxy) is 1. The van der Waals surface area contributed by atoms with Gasteiger partial charge in [0, 0.05) is 0 Å². The van der Waals surface area contributed by atoms with Crippen molar-refractivity contribution in [1.29, 1.82) is 0 Å². The van der Waals surface area contributed by atoms with Gasteiger partial charge in [-0.2, -0.15) is 0 Å². The minimum absolute atomic E-state index is 0.0579. The Bertz CT molecular complexity index is 385. The molecule has 2 rings (SSSR count). The number of morpholine rings is 1. The van der Waals surface area contributed by atoms with Crippen molar-refractivity contribution >= 4 is 25.9 Å². The van der Waals surface area contributed by atoms with Gasteiger partial charge in [0.1, 0.15) is 0 Å². The summed E-state index contributed by atoms with van der Waals surface area (Å²) in [5, 5.41) is 0. The van der Waals surface area contributed by atoms with Gasteiger partial charge in [-0.1, -0.05) is 0 Å². The van der Waals surface area contributed by atoms with Crippen molar-refractivity contribution in [1.82, 2.24) is 4.90 Å². The van der Waals surface area contributed by atoms with Gasteiger partial charge in [0.15, 0.2) is 0 Å². The van der Waals surface area contributed by atoms with Crippen LogP contribution in [0.4, 0.5) is 0 Å². The van der Waals surface area contributed by atoms with Crippen molar-refractivity contribution < 1.29 is 9.53 Å². The molecule has 1 saturated heterocycles. The second-order valence-electron chi connectivity index (χ2n) is 3.60. The number of Topliss-reactive ketones (excluding diaryl/α,β-unsaturated/α-hetero) is 1. The van der Waals surface area contributed by atoms with Gasteiger partial charge in [0.25, 0.3) is 0 Å². The van der Waals surface area contributed by atoms with Crippen LogP contribution >= 0.6 is 0 Å². The molecule has 0 amide bonds. The molecule has 1 fully saturated rings. The van der Waals surface area contributed by atoms with Gasteiger partial charge in [-0.05, 0) is 0 Å². The molecular formula is C12H13NO2Se. The van der Waals surface area contributed by atoms with E-state index >= 15 is 0 Å². The van der Waals surface area contributed by atoms with Crippen LogP contribution in [0.2, 0.25) is 0 Å². The molecular weight excluding hydrogens is 269 g/mol. The van der Waals surface area contributed by atoms with Crippen LogP contribution in [0.25, 0.3) is 0 Å². The quantitative estimate of drug-likeness (QED) is 0.597. The fourth-order valence-electron chi connectivity index (χ4n) is 1.62. The van der Waals surface area contributed by atoms with E-state index in [0.717, 1.165) is 18.7 Å². The maximum atomic E-state index is 12.1. The summed E-state index contributed by atoms with van der Waals surface area (Å²) in [6.45, 7) is 2.93. The number of carbonyl (C=O) groups is 1. The molecule has 4 heteroatoms. The molecule has 3 nitrogen and oxygen atoms in total. The zero-order chi connectivity index (χ0) is 11.4. The molecule has 0 atom stereocenters. The first-order valence-electron chi connectivity index (χ1n) is 5.25. The van der Waals surface area contributed by atoms with E-state index in [9.17, 15) is 4.79 Å². The van der Waals surface area contributed by atoms with E-state index in [1.165, 1.54) is 0 Å². The summed E-state index contributed by atoms with van der Waals surface area (Å²) >= 11 is 2.88. The number of hydrogen-bond donors (Lipinski definition) is 0. The summed E-state index contributed by atoms with van der Waals surface area (Å²) in [5.74, 6) is 0.0579. The standard InChI is InChI=1S/C12H13NO2Se/c14-11(10-4-2-1-3-5-10)12(16)13-6-8-15-9-7-13/h1-5H,6-9H2. The summed E-state index contributed by atoms with van der Waals surface area (Å²) in [6, 6.07) is 9.32. The summed E-state index contributed by atoms with van der Waals surface area (Å²) in [6.07, 6.45) is 0. The van der Waals surface area contributed by atoms with E-state index < -0.39 is 0 Å². The molecule has 16 heavy (non-hydrogen) atoms. The Kier molecular flexibility index (Phi) is 3.88. The molecule has 0 saturated carbocycles. The van der Waals surface area contributed by atoms with Crippen molar-refractivity contribution in [2.75, 3.05) is 26.3 Å². The van der Waals surface area contributed by atoms with Gasteiger partial charge in [-0.3, -0.25) is 0 Å². The summed E-state index contributed by atoms with van der Waals surface area (Å²) < 4.78 is 5.94. The number of nitrogens with zero attached hydrogens (tertiary/aromatic N) is 1. The van der Waals surface area contributed by atoms with Crippen LogP contribution in [-0.2, 0) is 4.74 Å². The van der Waals surface area contributed by atoms with E-state index in [1.54, 1.807) is 0 Å². The van der Waals surface area contributed by atoms with Gasteiger partial charge < -0.3 is 0 Å². The van der Waals surface area contributed by atoms with Crippen LogP contribution in [0.1, 0.15) is 10.4 Å². The fourth-order valence-corrected chi connectivity index (χ4v) is 2.25. The minimum atomic E-state index is 0.0579. The Morgan fingerprint density at radius 2 is 1.81 bits per heavy atom. The molecule has 0 aliphatic carbocycles. The predicted octanol–water partition coefficient (Wildman–Crippen LogP) is 0.500. The molecule has 0 radical (unpaired) electrons. The van der Waals surface area contributed by atoms with Crippen molar-refractivity contribution in [3.8, 4) is 0 Å². The first kappa shape index (κ1) is 11.5. The first-order valence-corrected chi connectivity index (χ1v) is 6.11. The second kappa shape index (κ2) is 5.39. The van der Waals surface area contributed by atoms with Gasteiger partial charge >= 0.3 is 103 Å². The average molecular weight is 282 g/mol. The van der Waals surface area contributed by atoms with Gasteiger partial charge in [0.2, 0.25) is 0 Å². The molecule has 84 valence electrons. The topological polar surface area (TPSA) is 29.5 Å². The van der Waals surface area contributed by atoms with E-state index in [-0.39, 0.29) is 5.78 Å². The van der Waals surface area contributed by atoms with Crippen LogP contribution in [0.15, 0.2) is 30.3 Å². The molecule has 1 aromatic carbocycles. The normalized spacial score (nSPS) is 15.9. The number of rotatable bonds is 3. The molecule has 0 N–H and O–H groups in total. The Balaban J connectivity index is 2.07. The molecule has 1 aliphatic heterocycles. The SMILES string of the molecule is O=C(C(=[Se])N1CCOCC1)c1ccccc1. The Morgan fingerprint density at radius 3 is 2.44 bits per heavy atom. The maximum absolute atomic E-state index is 12.1. The molecule has 0 unspecified atom stereocenters. The van der Waals surface area contributed by atoms with Crippen molar-refractivity contribution in [2.24, 2.45) is 0 Å². The molecule has 0 aromatic heterocycles. The molecule has 0 bridgehead atoms. The molecule has 1 aliphatic rings. The van der Waals surface area contributed by atoms with Crippen LogP contribution in [0.5, 0.6) is 0 Å². The predicted molar refractivity (Wildman–Crippen MR) is 63.9 cm³/mol. The molecule has 0 spiro atoms. The Hall–Kier alpha value is -0.961. The van der Waals surface area contributed by atoms with Crippen molar-refractivity contribution in [2.45, 2.75) is 0 Å². The summed E-state index contributed by atoms with van der Waals surface area (Å²) in [5.41, 5.74) is 0.725. The summed E-state index contributed by atoms with van der Waals surface area (Å²) in [7, 11) is 0. The zero-order valence-corrected chi connectivity index (χ0v) is 10.6. The van der Waals surface area contributed by atoms with Crippen LogP contribution in [0, 0.1) is 0 Å². The van der Waals surface area contributed by atoms with Gasteiger partial charge in [-0.25, -0.2) is 0 Å². The number of carbonyl (C=O) groups excluding carboxylic acids is 1. The van der Waals surface area contributed by atoms with Gasteiger partial charge in [0.05, 0.1) is 0 Å². The third-order valence-corrected chi connectivity index (χ3v) is 3.46. The van der Waals surface area contributed by atoms with E-state index in [0.29, 0.717) is 17.8 Å². The molecule has 1 aromatic rings. The van der Waals surface area contributed by atoms with Crippen LogP contribution in [-0.4, -0.2) is 57.1 Å². The van der Waals surface area contributed by atoms with E-state index in [2.05, 4.69) is 15.6 Å². The van der Waals surface area contributed by atoms with Gasteiger partial charge in [-0.15, -0.1) is 0 Å². The Labute approximate surface area is 103 Å². The second-order valence-corrected chi connectivity index (χ2v) is 4.41. The Morgan fingerprint density at radius 1 is 1.19 bits per heavy atom. The molecule has 1 heterocycles.